The topological polar surface area (TPSA) is 137 Å². The molecule has 2 aliphatic heterocycles. The quantitative estimate of drug-likeness (QED) is 0.417. The number of aromatic nitrogens is 1. The average Bonchev–Trinajstić information content (AvgIpc) is 3.18. The summed E-state index contributed by atoms with van der Waals surface area (Å²) in [5, 5.41) is 3.69. The first kappa shape index (κ1) is 28.7. The predicted octanol–water partition coefficient (Wildman–Crippen LogP) is 3.90. The molecule has 2 aromatic carbocycles. The molecule has 0 spiro atoms. The van der Waals surface area contributed by atoms with E-state index in [1.165, 1.54) is 55.8 Å². The molecule has 0 amide bonds. The second kappa shape index (κ2) is 12.6. The van der Waals surface area contributed by atoms with E-state index in [1.54, 1.807) is 24.3 Å². The highest BCUT2D eigenvalue weighted by atomic mass is 32.2. The summed E-state index contributed by atoms with van der Waals surface area (Å²) in [7, 11) is -8.04. The van der Waals surface area contributed by atoms with E-state index in [1.807, 2.05) is 32.3 Å². The number of benzene rings is 2. The highest BCUT2D eigenvalue weighted by Gasteiger charge is 2.29. The molecule has 3 N–H and O–H groups in total. The first-order valence-corrected chi connectivity index (χ1v) is 14.8. The van der Waals surface area contributed by atoms with Gasteiger partial charge in [0.25, 0.3) is 20.2 Å². The van der Waals surface area contributed by atoms with E-state index in [2.05, 4.69) is 21.3 Å². The van der Waals surface area contributed by atoms with Crippen LogP contribution in [0, 0.1) is 13.8 Å². The summed E-state index contributed by atoms with van der Waals surface area (Å²) >= 11 is 0. The summed E-state index contributed by atoms with van der Waals surface area (Å²) in [5.74, 6) is 0. The molecule has 5 rings (SSSR count). The number of nitrogens with zero attached hydrogens (tertiary/aromatic N) is 2. The molecule has 2 atom stereocenters. The Bertz CT molecular complexity index is 1270. The predicted molar refractivity (Wildman–Crippen MR) is 143 cm³/mol. The van der Waals surface area contributed by atoms with Crippen molar-refractivity contribution in [1.82, 2.24) is 10.3 Å². The summed E-state index contributed by atoms with van der Waals surface area (Å²) in [6.07, 6.45) is 7.78. The molecule has 11 heteroatoms. The van der Waals surface area contributed by atoms with Gasteiger partial charge in [-0.05, 0) is 69.5 Å². The monoisotopic (exact) mass is 547 g/mol. The van der Waals surface area contributed by atoms with Gasteiger partial charge < -0.3 is 10.2 Å². The standard InChI is InChI=1S/C12H17N3.2C7H8O3S/c1-2-12(8-13-6-1)15-7-5-10-3-4-11(9-15)14-10;2*1-6-2-4-7(5-3-6)11(8,9)10/h1-2,6,8,10-11,14H,3-5,7,9H2;2*2-5H,1H3,(H,8,9,10). The van der Waals surface area contributed by atoms with Gasteiger partial charge in [-0.3, -0.25) is 14.1 Å². The highest BCUT2D eigenvalue weighted by Crippen LogP contribution is 2.23. The lowest BCUT2D eigenvalue weighted by molar-refractivity contribution is 0.481. The Morgan fingerprint density at radius 2 is 1.30 bits per heavy atom. The van der Waals surface area contributed by atoms with Crippen LogP contribution in [0.2, 0.25) is 0 Å². The van der Waals surface area contributed by atoms with Crippen molar-refractivity contribution in [2.75, 3.05) is 18.0 Å². The summed E-state index contributed by atoms with van der Waals surface area (Å²) in [6.45, 7) is 5.99. The molecule has 2 bridgehead atoms. The van der Waals surface area contributed by atoms with Crippen molar-refractivity contribution < 1.29 is 25.9 Å². The van der Waals surface area contributed by atoms with Crippen LogP contribution in [0.4, 0.5) is 5.69 Å². The number of rotatable bonds is 3. The Hall–Kier alpha value is -2.83. The van der Waals surface area contributed by atoms with Gasteiger partial charge in [0.2, 0.25) is 0 Å². The van der Waals surface area contributed by atoms with Crippen LogP contribution in [0.25, 0.3) is 0 Å². The number of pyridine rings is 1. The van der Waals surface area contributed by atoms with Crippen LogP contribution in [-0.2, 0) is 20.2 Å². The Morgan fingerprint density at radius 1 is 0.784 bits per heavy atom. The number of aryl methyl sites for hydroxylation is 2. The molecule has 0 radical (unpaired) electrons. The van der Waals surface area contributed by atoms with Crippen LogP contribution in [0.15, 0.2) is 82.8 Å². The zero-order chi connectivity index (χ0) is 27.1. The second-order valence-corrected chi connectivity index (χ2v) is 12.0. The fourth-order valence-corrected chi connectivity index (χ4v) is 5.10. The number of anilines is 1. The van der Waals surface area contributed by atoms with Crippen molar-refractivity contribution in [3.8, 4) is 0 Å². The number of nitrogens with one attached hydrogen (secondary N) is 1. The van der Waals surface area contributed by atoms with E-state index >= 15 is 0 Å². The second-order valence-electron chi connectivity index (χ2n) is 9.16. The normalized spacial score (nSPS) is 19.1. The van der Waals surface area contributed by atoms with E-state index in [9.17, 15) is 16.8 Å². The summed E-state index contributed by atoms with van der Waals surface area (Å²) < 4.78 is 59.1. The van der Waals surface area contributed by atoms with Gasteiger partial charge in [0.15, 0.2) is 0 Å². The van der Waals surface area contributed by atoms with Gasteiger partial charge in [-0.15, -0.1) is 0 Å². The zero-order valence-corrected chi connectivity index (χ0v) is 22.5. The third kappa shape index (κ3) is 9.20. The van der Waals surface area contributed by atoms with Crippen molar-refractivity contribution in [1.29, 1.82) is 0 Å². The molecule has 37 heavy (non-hydrogen) atoms. The highest BCUT2D eigenvalue weighted by molar-refractivity contribution is 7.86. The minimum Gasteiger partial charge on any atom is -0.369 e. The number of hydrogen-bond donors (Lipinski definition) is 3. The molecule has 9 nitrogen and oxygen atoms in total. The number of fused-ring (bicyclic) bond motifs is 2. The summed E-state index contributed by atoms with van der Waals surface area (Å²) in [4.78, 5) is 6.52. The van der Waals surface area contributed by atoms with Crippen molar-refractivity contribution in [3.63, 3.8) is 0 Å². The van der Waals surface area contributed by atoms with Crippen LogP contribution in [0.5, 0.6) is 0 Å². The summed E-state index contributed by atoms with van der Waals surface area (Å²) in [5.41, 5.74) is 3.18. The minimum atomic E-state index is -4.02. The van der Waals surface area contributed by atoms with Crippen LogP contribution < -0.4 is 10.2 Å². The molecule has 3 heterocycles. The van der Waals surface area contributed by atoms with Crippen LogP contribution >= 0.6 is 0 Å². The van der Waals surface area contributed by atoms with E-state index in [4.69, 9.17) is 9.11 Å². The van der Waals surface area contributed by atoms with Gasteiger partial charge in [-0.2, -0.15) is 16.8 Å². The van der Waals surface area contributed by atoms with Crippen LogP contribution in [0.1, 0.15) is 30.4 Å². The van der Waals surface area contributed by atoms with Gasteiger partial charge in [-0.1, -0.05) is 35.4 Å². The van der Waals surface area contributed by atoms with Crippen LogP contribution in [-0.4, -0.2) is 56.1 Å². The van der Waals surface area contributed by atoms with E-state index < -0.39 is 20.2 Å². The number of hydrogen-bond acceptors (Lipinski definition) is 7. The average molecular weight is 548 g/mol. The zero-order valence-electron chi connectivity index (χ0n) is 20.9. The van der Waals surface area contributed by atoms with Crippen molar-refractivity contribution >= 4 is 25.9 Å². The fourth-order valence-electron chi connectivity index (χ4n) is 4.14. The lowest BCUT2D eigenvalue weighted by Gasteiger charge is -2.25. The van der Waals surface area contributed by atoms with E-state index in [0.29, 0.717) is 6.04 Å². The Kier molecular flexibility index (Phi) is 9.80. The maximum Gasteiger partial charge on any atom is 0.294 e. The molecule has 2 unspecified atom stereocenters. The van der Waals surface area contributed by atoms with E-state index in [-0.39, 0.29) is 9.79 Å². The first-order chi connectivity index (χ1) is 17.4. The summed E-state index contributed by atoms with van der Waals surface area (Å²) in [6, 6.07) is 17.6. The van der Waals surface area contributed by atoms with Gasteiger partial charge in [0, 0.05) is 31.4 Å². The first-order valence-electron chi connectivity index (χ1n) is 11.9. The SMILES string of the molecule is Cc1ccc(S(=O)(=O)O)cc1.Cc1ccc(S(=O)(=O)O)cc1.c1cncc(N2CCC3CCC(C2)N3)c1. The lowest BCUT2D eigenvalue weighted by Crippen LogP contribution is -2.35. The van der Waals surface area contributed by atoms with E-state index in [0.717, 1.165) is 23.7 Å². The molecule has 3 aromatic rings. The fraction of sp³-hybridized carbons (Fsp3) is 0.346. The van der Waals surface area contributed by atoms with Gasteiger partial charge >= 0.3 is 0 Å². The smallest absolute Gasteiger partial charge is 0.294 e. The Morgan fingerprint density at radius 3 is 1.76 bits per heavy atom. The molecule has 2 saturated heterocycles. The molecule has 0 saturated carbocycles. The minimum absolute atomic E-state index is 0.0666. The molecule has 2 aliphatic rings. The molecular formula is C26H33N3O6S2. The van der Waals surface area contributed by atoms with Crippen molar-refractivity contribution in [2.24, 2.45) is 0 Å². The van der Waals surface area contributed by atoms with Crippen molar-refractivity contribution in [2.45, 2.75) is 55.0 Å². The largest absolute Gasteiger partial charge is 0.369 e. The Labute approximate surface area is 219 Å². The molecular weight excluding hydrogens is 514 g/mol. The molecule has 0 aliphatic carbocycles. The molecule has 1 aromatic heterocycles. The Balaban J connectivity index is 0.000000158. The van der Waals surface area contributed by atoms with Gasteiger partial charge in [0.1, 0.15) is 0 Å². The molecule has 2 fully saturated rings. The lowest BCUT2D eigenvalue weighted by atomic mass is 10.1. The third-order valence-electron chi connectivity index (χ3n) is 6.17. The van der Waals surface area contributed by atoms with Crippen molar-refractivity contribution in [3.05, 3.63) is 84.2 Å². The van der Waals surface area contributed by atoms with Gasteiger partial charge in [0.05, 0.1) is 21.7 Å². The van der Waals surface area contributed by atoms with Gasteiger partial charge in [-0.25, -0.2) is 0 Å². The molecule has 200 valence electrons. The van der Waals surface area contributed by atoms with Crippen LogP contribution in [0.3, 0.4) is 0 Å². The third-order valence-corrected chi connectivity index (χ3v) is 7.91. The maximum atomic E-state index is 10.5. The maximum absolute atomic E-state index is 10.5.